The molecular weight excluding hydrogens is 202 g/mol. The number of hydrogen-bond donors (Lipinski definition) is 3. The van der Waals surface area contributed by atoms with Gasteiger partial charge >= 0.3 is 6.03 Å². The van der Waals surface area contributed by atoms with Gasteiger partial charge in [0.05, 0.1) is 17.4 Å². The van der Waals surface area contributed by atoms with Crippen molar-refractivity contribution in [2.24, 2.45) is 5.84 Å². The van der Waals surface area contributed by atoms with Gasteiger partial charge in [-0.3, -0.25) is 5.43 Å². The van der Waals surface area contributed by atoms with Crippen molar-refractivity contribution < 1.29 is 4.79 Å². The minimum atomic E-state index is -0.481. The number of rotatable bonds is 1. The minimum Gasteiger partial charge on any atom is -0.305 e. The number of nitrogens with one attached hydrogen (secondary N) is 2. The number of nitrogens with zero attached hydrogens (tertiary/aromatic N) is 2. The van der Waals surface area contributed by atoms with Crippen molar-refractivity contribution in [1.82, 2.24) is 14.2 Å². The summed E-state index contributed by atoms with van der Waals surface area (Å²) in [5, 5.41) is 2.55. The van der Waals surface area contributed by atoms with Crippen molar-refractivity contribution in [3.8, 4) is 0 Å². The molecule has 1 heterocycles. The molecule has 0 spiro atoms. The Morgan fingerprint density at radius 1 is 1.43 bits per heavy atom. The lowest BCUT2D eigenvalue weighted by molar-refractivity contribution is 0.252. The zero-order valence-corrected chi connectivity index (χ0v) is 7.84. The molecule has 4 N–H and O–H groups in total. The monoisotopic (exact) mass is 209 g/mol. The molecule has 0 aliphatic heterocycles. The number of fused-ring (bicyclic) bond motifs is 1. The van der Waals surface area contributed by atoms with Crippen LogP contribution in [-0.2, 0) is 0 Å². The first-order valence-electron chi connectivity index (χ1n) is 3.80. The van der Waals surface area contributed by atoms with Gasteiger partial charge < -0.3 is 5.32 Å². The van der Waals surface area contributed by atoms with E-state index in [1.807, 2.05) is 11.5 Å². The summed E-state index contributed by atoms with van der Waals surface area (Å²) in [6.07, 6.45) is 0. The maximum absolute atomic E-state index is 11.0. The molecule has 0 saturated heterocycles. The van der Waals surface area contributed by atoms with Gasteiger partial charge in [-0.1, -0.05) is 6.07 Å². The third-order valence-corrected chi connectivity index (χ3v) is 2.21. The summed E-state index contributed by atoms with van der Waals surface area (Å²) in [6.45, 7) is 0. The van der Waals surface area contributed by atoms with Gasteiger partial charge in [-0.2, -0.15) is 8.75 Å². The molecule has 2 rings (SSSR count). The fourth-order valence-electron chi connectivity index (χ4n) is 1.07. The summed E-state index contributed by atoms with van der Waals surface area (Å²) < 4.78 is 8.09. The van der Waals surface area contributed by atoms with Gasteiger partial charge in [-0.05, 0) is 12.1 Å². The summed E-state index contributed by atoms with van der Waals surface area (Å²) >= 11 is 1.10. The lowest BCUT2D eigenvalue weighted by Gasteiger charge is -2.03. The van der Waals surface area contributed by atoms with Crippen molar-refractivity contribution in [2.45, 2.75) is 0 Å². The zero-order chi connectivity index (χ0) is 9.97. The SMILES string of the molecule is NNC(=O)Nc1cccc2nsnc12. The maximum Gasteiger partial charge on any atom is 0.333 e. The summed E-state index contributed by atoms with van der Waals surface area (Å²) in [7, 11) is 0. The van der Waals surface area contributed by atoms with E-state index in [0.717, 1.165) is 17.2 Å². The quantitative estimate of drug-likeness (QED) is 0.366. The summed E-state index contributed by atoms with van der Waals surface area (Å²) in [6, 6.07) is 4.87. The zero-order valence-electron chi connectivity index (χ0n) is 7.02. The first kappa shape index (κ1) is 8.85. The van der Waals surface area contributed by atoms with E-state index in [-0.39, 0.29) is 0 Å². The summed E-state index contributed by atoms with van der Waals surface area (Å²) in [4.78, 5) is 11.0. The number of hydrogen-bond acceptors (Lipinski definition) is 5. The van der Waals surface area contributed by atoms with Gasteiger partial charge in [-0.25, -0.2) is 10.6 Å². The van der Waals surface area contributed by atoms with E-state index in [1.165, 1.54) is 0 Å². The second-order valence-electron chi connectivity index (χ2n) is 2.54. The predicted molar refractivity (Wildman–Crippen MR) is 53.8 cm³/mol. The highest BCUT2D eigenvalue weighted by molar-refractivity contribution is 7.00. The number of nitrogens with two attached hydrogens (primary N) is 1. The molecule has 0 aliphatic rings. The third kappa shape index (κ3) is 1.50. The van der Waals surface area contributed by atoms with Crippen LogP contribution in [0.15, 0.2) is 18.2 Å². The van der Waals surface area contributed by atoms with Crippen molar-refractivity contribution in [3.05, 3.63) is 18.2 Å². The summed E-state index contributed by atoms with van der Waals surface area (Å²) in [5.74, 6) is 4.94. The molecule has 0 radical (unpaired) electrons. The average molecular weight is 209 g/mol. The van der Waals surface area contributed by atoms with Crippen molar-refractivity contribution >= 4 is 34.5 Å². The van der Waals surface area contributed by atoms with Crippen LogP contribution in [0.3, 0.4) is 0 Å². The Morgan fingerprint density at radius 3 is 3.07 bits per heavy atom. The van der Waals surface area contributed by atoms with Crippen LogP contribution >= 0.6 is 11.7 Å². The number of amides is 2. The summed E-state index contributed by atoms with van der Waals surface area (Å²) in [5.41, 5.74) is 3.99. The van der Waals surface area contributed by atoms with Crippen LogP contribution in [-0.4, -0.2) is 14.8 Å². The molecule has 7 heteroatoms. The number of aromatic nitrogens is 2. The Morgan fingerprint density at radius 2 is 2.29 bits per heavy atom. The van der Waals surface area contributed by atoms with Gasteiger partial charge in [0.25, 0.3) is 0 Å². The minimum absolute atomic E-state index is 0.481. The molecule has 0 saturated carbocycles. The molecule has 1 aromatic carbocycles. The molecule has 0 fully saturated rings. The Hall–Kier alpha value is -1.73. The molecule has 2 amide bonds. The fourth-order valence-corrected chi connectivity index (χ4v) is 1.62. The number of urea groups is 1. The highest BCUT2D eigenvalue weighted by atomic mass is 32.1. The predicted octanol–water partition coefficient (Wildman–Crippen LogP) is 0.686. The highest BCUT2D eigenvalue weighted by Crippen LogP contribution is 2.20. The smallest absolute Gasteiger partial charge is 0.305 e. The van der Waals surface area contributed by atoms with Crippen molar-refractivity contribution in [3.63, 3.8) is 0 Å². The van der Waals surface area contributed by atoms with Gasteiger partial charge in [-0.15, -0.1) is 0 Å². The standard InChI is InChI=1S/C7H7N5OS/c8-10-7(13)9-4-2-1-3-5-6(4)12-14-11-5/h1-3H,8H2,(H2,9,10,13). The van der Waals surface area contributed by atoms with Crippen LogP contribution in [0.25, 0.3) is 11.0 Å². The van der Waals surface area contributed by atoms with Gasteiger partial charge in [0.15, 0.2) is 0 Å². The first-order valence-corrected chi connectivity index (χ1v) is 4.53. The van der Waals surface area contributed by atoms with Crippen LogP contribution in [0.2, 0.25) is 0 Å². The molecule has 6 nitrogen and oxygen atoms in total. The van der Waals surface area contributed by atoms with Crippen molar-refractivity contribution in [1.29, 1.82) is 0 Å². The maximum atomic E-state index is 11.0. The lowest BCUT2D eigenvalue weighted by atomic mass is 10.2. The van der Waals surface area contributed by atoms with Crippen LogP contribution in [0, 0.1) is 0 Å². The van der Waals surface area contributed by atoms with E-state index < -0.39 is 6.03 Å². The topological polar surface area (TPSA) is 92.9 Å². The highest BCUT2D eigenvalue weighted by Gasteiger charge is 2.06. The second kappa shape index (κ2) is 3.56. The Bertz CT molecular complexity index is 468. The average Bonchev–Trinajstić information content (AvgIpc) is 2.66. The molecular formula is C7H7N5OS. The van der Waals surface area contributed by atoms with E-state index in [0.29, 0.717) is 11.2 Å². The number of hydrazine groups is 1. The van der Waals surface area contributed by atoms with Crippen LogP contribution in [0.5, 0.6) is 0 Å². The molecule has 0 unspecified atom stereocenters. The van der Waals surface area contributed by atoms with Gasteiger partial charge in [0.2, 0.25) is 0 Å². The van der Waals surface area contributed by atoms with E-state index in [9.17, 15) is 4.79 Å². The Kier molecular flexibility index (Phi) is 2.25. The van der Waals surface area contributed by atoms with E-state index in [4.69, 9.17) is 5.84 Å². The lowest BCUT2D eigenvalue weighted by Crippen LogP contribution is -2.34. The first-order chi connectivity index (χ1) is 6.81. The number of benzene rings is 1. The number of carbonyl (C=O) groups is 1. The van der Waals surface area contributed by atoms with E-state index in [1.54, 1.807) is 12.1 Å². The van der Waals surface area contributed by atoms with E-state index in [2.05, 4.69) is 14.1 Å². The van der Waals surface area contributed by atoms with Crippen molar-refractivity contribution in [2.75, 3.05) is 5.32 Å². The third-order valence-electron chi connectivity index (χ3n) is 1.67. The Labute approximate surface area is 83.4 Å². The molecule has 72 valence electrons. The second-order valence-corrected chi connectivity index (χ2v) is 3.06. The largest absolute Gasteiger partial charge is 0.333 e. The van der Waals surface area contributed by atoms with Gasteiger partial charge in [0.1, 0.15) is 11.0 Å². The normalized spacial score (nSPS) is 10.1. The van der Waals surface area contributed by atoms with E-state index >= 15 is 0 Å². The van der Waals surface area contributed by atoms with Crippen LogP contribution in [0.4, 0.5) is 10.5 Å². The molecule has 2 aromatic rings. The van der Waals surface area contributed by atoms with Gasteiger partial charge in [0, 0.05) is 0 Å². The van der Waals surface area contributed by atoms with Crippen LogP contribution < -0.4 is 16.6 Å². The molecule has 14 heavy (non-hydrogen) atoms. The number of carbonyl (C=O) groups excluding carboxylic acids is 1. The number of anilines is 1. The Balaban J connectivity index is 2.41. The molecule has 1 aromatic heterocycles. The fraction of sp³-hybridized carbons (Fsp3) is 0. The molecule has 0 aliphatic carbocycles. The van der Waals surface area contributed by atoms with Crippen LogP contribution in [0.1, 0.15) is 0 Å². The molecule has 0 atom stereocenters. The molecule has 0 bridgehead atoms.